The Bertz CT molecular complexity index is 909. The number of non-ortho nitro benzene ring substituents is 1. The number of carbonyl (C=O) groups excluding carboxylic acids is 1. The second kappa shape index (κ2) is 9.00. The van der Waals surface area contributed by atoms with Gasteiger partial charge in [0.05, 0.1) is 15.4 Å². The minimum Gasteiger partial charge on any atom is -0.429 e. The number of hydrogen-bond donors (Lipinski definition) is 0. The first kappa shape index (κ1) is 20.1. The van der Waals surface area contributed by atoms with Crippen LogP contribution >= 0.6 is 0 Å². The Labute approximate surface area is 165 Å². The largest absolute Gasteiger partial charge is 0.514 e. The Kier molecular flexibility index (Phi) is 6.22. The van der Waals surface area contributed by atoms with Gasteiger partial charge in [0, 0.05) is 37.0 Å². The van der Waals surface area contributed by atoms with Crippen molar-refractivity contribution in [3.63, 3.8) is 0 Å². The summed E-state index contributed by atoms with van der Waals surface area (Å²) in [6.07, 6.45) is 2.22. The van der Waals surface area contributed by atoms with Gasteiger partial charge in [-0.3, -0.25) is 20.2 Å². The van der Waals surface area contributed by atoms with Crippen LogP contribution < -0.4 is 9.64 Å². The number of anilines is 1. The minimum atomic E-state index is -1.06. The molecule has 10 nitrogen and oxygen atoms in total. The van der Waals surface area contributed by atoms with Crippen LogP contribution in [0, 0.1) is 20.2 Å². The maximum Gasteiger partial charge on any atom is 0.514 e. The summed E-state index contributed by atoms with van der Waals surface area (Å²) in [6.45, 7) is 1.42. The first-order chi connectivity index (χ1) is 13.9. The zero-order valence-corrected chi connectivity index (χ0v) is 15.5. The molecule has 0 atom stereocenters. The van der Waals surface area contributed by atoms with Gasteiger partial charge in [0.15, 0.2) is 0 Å². The number of nitrogens with zero attached hydrogens (tertiary/aromatic N) is 3. The summed E-state index contributed by atoms with van der Waals surface area (Å²) < 4.78 is 9.98. The van der Waals surface area contributed by atoms with E-state index in [9.17, 15) is 25.0 Å². The normalized spacial score (nSPS) is 13.6. The van der Waals surface area contributed by atoms with E-state index in [1.54, 1.807) is 12.1 Å². The second-order valence-corrected chi connectivity index (χ2v) is 6.51. The smallest absolute Gasteiger partial charge is 0.429 e. The number of ether oxygens (including phenoxy) is 2. The zero-order chi connectivity index (χ0) is 20.8. The number of rotatable bonds is 6. The summed E-state index contributed by atoms with van der Waals surface area (Å²) in [4.78, 5) is 34.9. The highest BCUT2D eigenvalue weighted by molar-refractivity contribution is 5.64. The van der Waals surface area contributed by atoms with Gasteiger partial charge in [-0.15, -0.1) is 0 Å². The Hall–Kier alpha value is -3.69. The lowest BCUT2D eigenvalue weighted by Gasteiger charge is -2.29. The highest BCUT2D eigenvalue weighted by atomic mass is 16.7. The van der Waals surface area contributed by atoms with Crippen LogP contribution in [0.25, 0.3) is 0 Å². The second-order valence-electron chi connectivity index (χ2n) is 6.51. The van der Waals surface area contributed by atoms with Crippen LogP contribution in [0.4, 0.5) is 21.9 Å². The van der Waals surface area contributed by atoms with E-state index in [4.69, 9.17) is 9.47 Å². The standard InChI is InChI=1S/C19H19N3O7/c23-19(29-17-7-4-15(5-8-17)21(24)25)28-13-14-12-16(6-9-18(14)22(26)27)20-10-2-1-3-11-20/h4-9,12H,1-3,10-11,13H2. The van der Waals surface area contributed by atoms with E-state index in [0.29, 0.717) is 0 Å². The predicted molar refractivity (Wildman–Crippen MR) is 103 cm³/mol. The first-order valence-electron chi connectivity index (χ1n) is 9.05. The Morgan fingerprint density at radius 1 is 0.966 bits per heavy atom. The molecule has 0 saturated carbocycles. The van der Waals surface area contributed by atoms with Gasteiger partial charge in [0.1, 0.15) is 12.4 Å². The van der Waals surface area contributed by atoms with E-state index < -0.39 is 16.0 Å². The number of nitro groups is 2. The molecule has 10 heteroatoms. The van der Waals surface area contributed by atoms with E-state index in [0.717, 1.165) is 38.0 Å². The Balaban J connectivity index is 1.66. The molecule has 0 spiro atoms. The van der Waals surface area contributed by atoms with Crippen LogP contribution in [-0.2, 0) is 11.3 Å². The quantitative estimate of drug-likeness (QED) is 0.305. The maximum absolute atomic E-state index is 11.9. The van der Waals surface area contributed by atoms with Crippen molar-refractivity contribution in [1.82, 2.24) is 0 Å². The average molecular weight is 401 g/mol. The average Bonchev–Trinajstić information content (AvgIpc) is 2.73. The highest BCUT2D eigenvalue weighted by Gasteiger charge is 2.20. The van der Waals surface area contributed by atoms with E-state index >= 15 is 0 Å². The minimum absolute atomic E-state index is 0.0668. The van der Waals surface area contributed by atoms with Gasteiger partial charge >= 0.3 is 6.16 Å². The zero-order valence-electron chi connectivity index (χ0n) is 15.5. The fourth-order valence-corrected chi connectivity index (χ4v) is 3.11. The van der Waals surface area contributed by atoms with Gasteiger partial charge in [0.2, 0.25) is 0 Å². The molecule has 2 aromatic rings. The predicted octanol–water partition coefficient (Wildman–Crippen LogP) is 4.21. The molecule has 0 radical (unpaired) electrons. The molecular weight excluding hydrogens is 382 g/mol. The molecule has 3 rings (SSSR count). The number of benzene rings is 2. The topological polar surface area (TPSA) is 125 Å². The van der Waals surface area contributed by atoms with E-state index in [-0.39, 0.29) is 29.3 Å². The SMILES string of the molecule is O=C(OCc1cc(N2CCCCC2)ccc1[N+](=O)[O-])Oc1ccc([N+](=O)[O-])cc1. The molecule has 29 heavy (non-hydrogen) atoms. The van der Waals surface area contributed by atoms with Crippen molar-refractivity contribution < 1.29 is 24.1 Å². The molecule has 0 amide bonds. The van der Waals surface area contributed by atoms with Crippen molar-refractivity contribution in [1.29, 1.82) is 0 Å². The number of hydrogen-bond acceptors (Lipinski definition) is 8. The maximum atomic E-state index is 11.9. The number of carbonyl (C=O) groups is 1. The van der Waals surface area contributed by atoms with Gasteiger partial charge in [-0.05, 0) is 43.5 Å². The molecule has 1 saturated heterocycles. The summed E-state index contributed by atoms with van der Waals surface area (Å²) in [5, 5.41) is 21.9. The van der Waals surface area contributed by atoms with Crippen molar-refractivity contribution in [2.24, 2.45) is 0 Å². The van der Waals surface area contributed by atoms with Crippen molar-refractivity contribution in [2.45, 2.75) is 25.9 Å². The summed E-state index contributed by atoms with van der Waals surface area (Å²) >= 11 is 0. The number of nitro benzene ring substituents is 2. The molecule has 0 unspecified atom stereocenters. The molecule has 0 aliphatic carbocycles. The molecule has 0 bridgehead atoms. The lowest BCUT2D eigenvalue weighted by atomic mass is 10.1. The molecule has 152 valence electrons. The summed E-state index contributed by atoms with van der Waals surface area (Å²) in [7, 11) is 0. The van der Waals surface area contributed by atoms with Gasteiger partial charge in [-0.2, -0.15) is 0 Å². The van der Waals surface area contributed by atoms with E-state index in [1.807, 2.05) is 0 Å². The molecule has 1 aliphatic heterocycles. The van der Waals surface area contributed by atoms with Gasteiger partial charge in [0.25, 0.3) is 11.4 Å². The van der Waals surface area contributed by atoms with E-state index in [2.05, 4.69) is 4.90 Å². The fourth-order valence-electron chi connectivity index (χ4n) is 3.11. The van der Waals surface area contributed by atoms with Crippen molar-refractivity contribution in [3.8, 4) is 5.75 Å². The summed E-state index contributed by atoms with van der Waals surface area (Å²) in [5.74, 6) is 0.0668. The summed E-state index contributed by atoms with van der Waals surface area (Å²) in [6, 6.07) is 9.66. The molecular formula is C19H19N3O7. The Morgan fingerprint density at radius 3 is 2.28 bits per heavy atom. The molecule has 1 heterocycles. The third-order valence-electron chi connectivity index (χ3n) is 4.58. The molecule has 0 aromatic heterocycles. The van der Waals surface area contributed by atoms with Crippen LogP contribution in [0.3, 0.4) is 0 Å². The van der Waals surface area contributed by atoms with Gasteiger partial charge in [-0.1, -0.05) is 0 Å². The molecule has 2 aromatic carbocycles. The van der Waals surface area contributed by atoms with Gasteiger partial charge in [-0.25, -0.2) is 4.79 Å². The number of piperidine rings is 1. The van der Waals surface area contributed by atoms with Crippen LogP contribution in [0.2, 0.25) is 0 Å². The third kappa shape index (κ3) is 5.18. The fraction of sp³-hybridized carbons (Fsp3) is 0.316. The first-order valence-corrected chi connectivity index (χ1v) is 9.05. The van der Waals surface area contributed by atoms with Crippen LogP contribution in [0.15, 0.2) is 42.5 Å². The van der Waals surface area contributed by atoms with Crippen molar-refractivity contribution in [3.05, 3.63) is 68.3 Å². The van der Waals surface area contributed by atoms with Crippen molar-refractivity contribution >= 4 is 23.2 Å². The molecule has 0 N–H and O–H groups in total. The monoisotopic (exact) mass is 401 g/mol. The van der Waals surface area contributed by atoms with Crippen LogP contribution in [0.5, 0.6) is 5.75 Å². The van der Waals surface area contributed by atoms with Gasteiger partial charge < -0.3 is 14.4 Å². The molecule has 1 fully saturated rings. The van der Waals surface area contributed by atoms with E-state index in [1.165, 1.54) is 30.3 Å². The lowest BCUT2D eigenvalue weighted by molar-refractivity contribution is -0.385. The Morgan fingerprint density at radius 2 is 1.66 bits per heavy atom. The molecule has 1 aliphatic rings. The van der Waals surface area contributed by atoms with Crippen LogP contribution in [-0.4, -0.2) is 29.1 Å². The van der Waals surface area contributed by atoms with Crippen molar-refractivity contribution in [2.75, 3.05) is 18.0 Å². The highest BCUT2D eigenvalue weighted by Crippen LogP contribution is 2.28. The lowest BCUT2D eigenvalue weighted by Crippen LogP contribution is -2.29. The third-order valence-corrected chi connectivity index (χ3v) is 4.58. The van der Waals surface area contributed by atoms with Crippen LogP contribution in [0.1, 0.15) is 24.8 Å². The summed E-state index contributed by atoms with van der Waals surface area (Å²) in [5.41, 5.74) is 0.820.